The maximum Gasteiger partial charge on any atom is 0.223 e. The molecule has 1 amide bonds. The van der Waals surface area contributed by atoms with Crippen LogP contribution in [0.15, 0.2) is 48.8 Å². The quantitative estimate of drug-likeness (QED) is 0.938. The lowest BCUT2D eigenvalue weighted by Gasteiger charge is -2.36. The van der Waals surface area contributed by atoms with Gasteiger partial charge in [0.1, 0.15) is 0 Å². The molecule has 0 bridgehead atoms. The number of nitrogens with one attached hydrogen (secondary N) is 1. The number of pyridine rings is 1. The number of carbonyl (C=O) groups excluding carboxylic acids is 1. The molecule has 0 spiro atoms. The highest BCUT2D eigenvalue weighted by Crippen LogP contribution is 2.23. The summed E-state index contributed by atoms with van der Waals surface area (Å²) in [5, 5.41) is 4.08. The Kier molecular flexibility index (Phi) is 5.26. The van der Waals surface area contributed by atoms with E-state index in [2.05, 4.69) is 10.3 Å². The highest BCUT2D eigenvalue weighted by atomic mass is 35.5. The number of aromatic nitrogens is 1. The number of hydrogen-bond donors (Lipinski definition) is 1. The normalized spacial score (nSPS) is 18.0. The van der Waals surface area contributed by atoms with Crippen LogP contribution in [-0.2, 0) is 11.2 Å². The first-order valence-electron chi connectivity index (χ1n) is 7.89. The third-order valence-electron chi connectivity index (χ3n) is 4.20. The maximum atomic E-state index is 12.7. The van der Waals surface area contributed by atoms with Crippen molar-refractivity contribution < 1.29 is 4.79 Å². The molecule has 23 heavy (non-hydrogen) atoms. The molecule has 1 saturated heterocycles. The van der Waals surface area contributed by atoms with Gasteiger partial charge in [0, 0.05) is 43.5 Å². The lowest BCUT2D eigenvalue weighted by atomic mass is 10.0. The van der Waals surface area contributed by atoms with E-state index in [-0.39, 0.29) is 11.9 Å². The van der Waals surface area contributed by atoms with Crippen LogP contribution in [0.1, 0.15) is 23.6 Å². The fraction of sp³-hybridized carbons (Fsp3) is 0.333. The smallest absolute Gasteiger partial charge is 0.223 e. The van der Waals surface area contributed by atoms with E-state index in [0.29, 0.717) is 12.8 Å². The number of halogens is 1. The standard InChI is InChI=1S/C18H20ClN3O/c19-16-6-2-1-4-14(16)7-8-18(23)22-11-10-21-13-17(22)15-5-3-9-20-12-15/h1-6,9,12,17,21H,7-8,10-11,13H2. The van der Waals surface area contributed by atoms with E-state index in [1.807, 2.05) is 47.5 Å². The largest absolute Gasteiger partial charge is 0.333 e. The molecule has 1 aliphatic rings. The Labute approximate surface area is 141 Å². The van der Waals surface area contributed by atoms with Crippen molar-refractivity contribution in [1.82, 2.24) is 15.2 Å². The van der Waals surface area contributed by atoms with Crippen molar-refractivity contribution >= 4 is 17.5 Å². The van der Waals surface area contributed by atoms with Gasteiger partial charge in [0.15, 0.2) is 0 Å². The van der Waals surface area contributed by atoms with E-state index < -0.39 is 0 Å². The van der Waals surface area contributed by atoms with Crippen molar-refractivity contribution in [3.63, 3.8) is 0 Å². The summed E-state index contributed by atoms with van der Waals surface area (Å²) in [4.78, 5) is 18.8. The van der Waals surface area contributed by atoms with Gasteiger partial charge in [-0.15, -0.1) is 0 Å². The van der Waals surface area contributed by atoms with Crippen molar-refractivity contribution in [3.05, 3.63) is 64.9 Å². The van der Waals surface area contributed by atoms with Crippen LogP contribution in [0.4, 0.5) is 0 Å². The Morgan fingerprint density at radius 1 is 1.30 bits per heavy atom. The molecule has 2 heterocycles. The van der Waals surface area contributed by atoms with Crippen LogP contribution in [0.2, 0.25) is 5.02 Å². The summed E-state index contributed by atoms with van der Waals surface area (Å²) in [6.07, 6.45) is 4.73. The van der Waals surface area contributed by atoms with E-state index >= 15 is 0 Å². The Morgan fingerprint density at radius 2 is 2.17 bits per heavy atom. The van der Waals surface area contributed by atoms with Gasteiger partial charge < -0.3 is 10.2 Å². The first-order chi connectivity index (χ1) is 11.3. The van der Waals surface area contributed by atoms with Gasteiger partial charge in [-0.05, 0) is 29.7 Å². The number of benzene rings is 1. The number of hydrogen-bond acceptors (Lipinski definition) is 3. The fourth-order valence-electron chi connectivity index (χ4n) is 2.96. The van der Waals surface area contributed by atoms with Crippen molar-refractivity contribution in [2.24, 2.45) is 0 Å². The fourth-order valence-corrected chi connectivity index (χ4v) is 3.19. The predicted molar refractivity (Wildman–Crippen MR) is 91.3 cm³/mol. The van der Waals surface area contributed by atoms with Crippen LogP contribution in [0.3, 0.4) is 0 Å². The van der Waals surface area contributed by atoms with Gasteiger partial charge in [0.2, 0.25) is 5.91 Å². The number of carbonyl (C=O) groups is 1. The number of nitrogens with zero attached hydrogens (tertiary/aromatic N) is 2. The molecule has 120 valence electrons. The Bertz CT molecular complexity index is 662. The second-order valence-electron chi connectivity index (χ2n) is 5.68. The summed E-state index contributed by atoms with van der Waals surface area (Å²) in [7, 11) is 0. The van der Waals surface area contributed by atoms with Crippen LogP contribution in [0.25, 0.3) is 0 Å². The molecule has 1 atom stereocenters. The summed E-state index contributed by atoms with van der Waals surface area (Å²) in [5.74, 6) is 0.167. The third kappa shape index (κ3) is 3.89. The van der Waals surface area contributed by atoms with Gasteiger partial charge in [-0.2, -0.15) is 0 Å². The zero-order valence-corrected chi connectivity index (χ0v) is 13.7. The van der Waals surface area contributed by atoms with Crippen molar-refractivity contribution in [1.29, 1.82) is 0 Å². The van der Waals surface area contributed by atoms with Gasteiger partial charge in [0.05, 0.1) is 6.04 Å². The van der Waals surface area contributed by atoms with Gasteiger partial charge in [-0.3, -0.25) is 9.78 Å². The predicted octanol–water partition coefficient (Wildman–Crippen LogP) is 2.84. The molecule has 1 N–H and O–H groups in total. The molecular weight excluding hydrogens is 310 g/mol. The van der Waals surface area contributed by atoms with Crippen LogP contribution < -0.4 is 5.32 Å². The molecule has 4 nitrogen and oxygen atoms in total. The minimum absolute atomic E-state index is 0.0520. The molecule has 5 heteroatoms. The molecule has 0 aliphatic carbocycles. The number of aryl methyl sites for hydroxylation is 1. The topological polar surface area (TPSA) is 45.2 Å². The molecule has 1 unspecified atom stereocenters. The third-order valence-corrected chi connectivity index (χ3v) is 4.57. The Hall–Kier alpha value is -1.91. The SMILES string of the molecule is O=C(CCc1ccccc1Cl)N1CCNCC1c1cccnc1. The summed E-state index contributed by atoms with van der Waals surface area (Å²) in [6.45, 7) is 2.32. The molecule has 0 saturated carbocycles. The van der Waals surface area contributed by atoms with Crippen LogP contribution >= 0.6 is 11.6 Å². The zero-order chi connectivity index (χ0) is 16.1. The summed E-state index contributed by atoms with van der Waals surface area (Å²) < 4.78 is 0. The van der Waals surface area contributed by atoms with E-state index in [4.69, 9.17) is 11.6 Å². The van der Waals surface area contributed by atoms with Crippen molar-refractivity contribution in [3.8, 4) is 0 Å². The second-order valence-corrected chi connectivity index (χ2v) is 6.09. The minimum Gasteiger partial charge on any atom is -0.333 e. The van der Waals surface area contributed by atoms with Crippen LogP contribution in [-0.4, -0.2) is 35.4 Å². The molecule has 0 radical (unpaired) electrons. The first kappa shape index (κ1) is 16.0. The molecule has 2 aromatic rings. The first-order valence-corrected chi connectivity index (χ1v) is 8.27. The average Bonchev–Trinajstić information content (AvgIpc) is 2.61. The summed E-state index contributed by atoms with van der Waals surface area (Å²) in [5.41, 5.74) is 2.10. The average molecular weight is 330 g/mol. The molecule has 1 aromatic heterocycles. The minimum atomic E-state index is 0.0520. The highest BCUT2D eigenvalue weighted by Gasteiger charge is 2.27. The molecule has 1 aliphatic heterocycles. The number of amides is 1. The second kappa shape index (κ2) is 7.57. The van der Waals surface area contributed by atoms with Gasteiger partial charge in [-0.25, -0.2) is 0 Å². The lowest BCUT2D eigenvalue weighted by Crippen LogP contribution is -2.48. The van der Waals surface area contributed by atoms with Crippen molar-refractivity contribution in [2.45, 2.75) is 18.9 Å². The number of rotatable bonds is 4. The van der Waals surface area contributed by atoms with Crippen LogP contribution in [0.5, 0.6) is 0 Å². The van der Waals surface area contributed by atoms with E-state index in [0.717, 1.165) is 35.8 Å². The van der Waals surface area contributed by atoms with Gasteiger partial charge in [-0.1, -0.05) is 35.9 Å². The van der Waals surface area contributed by atoms with E-state index in [1.165, 1.54) is 0 Å². The van der Waals surface area contributed by atoms with Gasteiger partial charge >= 0.3 is 0 Å². The molecular formula is C18H20ClN3O. The molecule has 1 fully saturated rings. The molecule has 3 rings (SSSR count). The molecule has 1 aromatic carbocycles. The van der Waals surface area contributed by atoms with Gasteiger partial charge in [0.25, 0.3) is 0 Å². The highest BCUT2D eigenvalue weighted by molar-refractivity contribution is 6.31. The van der Waals surface area contributed by atoms with Crippen molar-refractivity contribution in [2.75, 3.05) is 19.6 Å². The zero-order valence-electron chi connectivity index (χ0n) is 12.9. The number of piperazine rings is 1. The summed E-state index contributed by atoms with van der Waals surface area (Å²) >= 11 is 6.17. The summed E-state index contributed by atoms with van der Waals surface area (Å²) in [6, 6.07) is 11.7. The lowest BCUT2D eigenvalue weighted by molar-refractivity contribution is -0.134. The van der Waals surface area contributed by atoms with E-state index in [1.54, 1.807) is 6.20 Å². The Morgan fingerprint density at radius 3 is 2.96 bits per heavy atom. The van der Waals surface area contributed by atoms with E-state index in [9.17, 15) is 4.79 Å². The monoisotopic (exact) mass is 329 g/mol. The maximum absolute atomic E-state index is 12.7. The Balaban J connectivity index is 1.68. The van der Waals surface area contributed by atoms with Crippen LogP contribution in [0, 0.1) is 0 Å².